The number of phosphoric acid groups is 3. The van der Waals surface area contributed by atoms with Crippen molar-refractivity contribution in [1.29, 1.82) is 0 Å². The van der Waals surface area contributed by atoms with Gasteiger partial charge >= 0.3 is 38.7 Å². The van der Waals surface area contributed by atoms with E-state index in [1.54, 1.807) is 90.1 Å². The summed E-state index contributed by atoms with van der Waals surface area (Å²) in [6, 6.07) is 32.6. The van der Waals surface area contributed by atoms with Crippen molar-refractivity contribution in [2.45, 2.75) is 68.2 Å². The lowest BCUT2D eigenvalue weighted by Gasteiger charge is -2.27. The van der Waals surface area contributed by atoms with Crippen LogP contribution in [0.15, 0.2) is 149 Å². The summed E-state index contributed by atoms with van der Waals surface area (Å²) in [6.45, 7) is 17.2. The molecule has 0 fully saturated rings. The first-order valence-corrected chi connectivity index (χ1v) is 40.9. The summed E-state index contributed by atoms with van der Waals surface area (Å²) in [5.41, 5.74) is 26.7. The lowest BCUT2D eigenvalue weighted by Crippen LogP contribution is -2.40. The minimum Gasteiger partial charge on any atom is -0.424 e. The predicted octanol–water partition coefficient (Wildman–Crippen LogP) is 19.2. The van der Waals surface area contributed by atoms with Crippen LogP contribution in [-0.2, 0) is 59.0 Å². The molecule has 0 saturated carbocycles. The Hall–Kier alpha value is -10.1. The van der Waals surface area contributed by atoms with E-state index in [4.69, 9.17) is 75.4 Å². The number of carbonyl (C=O) groups is 4. The van der Waals surface area contributed by atoms with Crippen molar-refractivity contribution in [3.63, 3.8) is 0 Å². The monoisotopic (exact) mass is 1600 g/mol. The molecule has 7 aromatic rings. The normalized spacial score (nSPS) is 13.2. The molecule has 4 amide bonds. The Morgan fingerprint density at radius 1 is 0.398 bits per heavy atom. The molecule has 0 spiro atoms. The minimum absolute atomic E-state index is 0.0787. The van der Waals surface area contributed by atoms with Crippen LogP contribution in [0.1, 0.15) is 110 Å². The van der Waals surface area contributed by atoms with E-state index >= 15 is 0 Å². The molecule has 9 rings (SSSR count). The summed E-state index contributed by atoms with van der Waals surface area (Å²) in [4.78, 5) is 80.9. The number of hydrogen-bond donors (Lipinski definition) is 0. The number of carbonyl (C=O) groups excluding carboxylic acids is 4. The molecular formula is C64H76N13O26P5. The van der Waals surface area contributed by atoms with Crippen molar-refractivity contribution in [1.82, 2.24) is 9.80 Å². The highest BCUT2D eigenvalue weighted by Gasteiger charge is 2.37. The SMILES string of the molecule is CCCN1C(=O)c2cccc3c(OP(C)(=O)OCN=[N+]=[N-])ccc(c23)C1=O.CCCN1C(=O)c2cccc3c(OP(C)(=O)OCN=[N+]=[N-])ccc(c23)C1=O.CCOP(=O)(OCC)Oc1ccc(N=[N+]=[N-])cc1.CCOP(=O)(OCC)Oc1ccc([N+](=O)[O-])cc1.CCOP(=O)(OCC)Oc1ccc([N+](=O)[O-])cc1. The van der Waals surface area contributed by atoms with Gasteiger partial charge < -0.3 is 22.6 Å². The van der Waals surface area contributed by atoms with E-state index in [1.807, 2.05) is 13.8 Å². The molecule has 44 heteroatoms. The van der Waals surface area contributed by atoms with Crippen molar-refractivity contribution in [2.75, 3.05) is 79.5 Å². The molecule has 0 bridgehead atoms. The molecule has 7 aromatic carbocycles. The number of amides is 4. The fourth-order valence-electron chi connectivity index (χ4n) is 9.46. The van der Waals surface area contributed by atoms with E-state index in [0.29, 0.717) is 81.2 Å². The minimum atomic E-state index is -3.65. The molecule has 0 saturated heterocycles. The van der Waals surface area contributed by atoms with Gasteiger partial charge in [-0.25, -0.2) is 22.8 Å². The molecule has 2 heterocycles. The van der Waals surface area contributed by atoms with Crippen LogP contribution in [-0.4, -0.2) is 123 Å². The van der Waals surface area contributed by atoms with Crippen LogP contribution in [0.2, 0.25) is 0 Å². The summed E-state index contributed by atoms with van der Waals surface area (Å²) < 4.78 is 127. The van der Waals surface area contributed by atoms with E-state index in [1.165, 1.54) is 108 Å². The van der Waals surface area contributed by atoms with Crippen LogP contribution in [0.3, 0.4) is 0 Å². The topological polar surface area (TPSA) is 513 Å². The third-order valence-electron chi connectivity index (χ3n) is 13.6. The zero-order valence-corrected chi connectivity index (χ0v) is 64.3. The molecular weight excluding hydrogens is 1520 g/mol. The summed E-state index contributed by atoms with van der Waals surface area (Å²) in [5.74, 6) is -0.340. The second-order valence-electron chi connectivity index (χ2n) is 21.2. The molecule has 39 nitrogen and oxygen atoms in total. The van der Waals surface area contributed by atoms with Gasteiger partial charge in [0.15, 0.2) is 0 Å². The van der Waals surface area contributed by atoms with Gasteiger partial charge in [-0.15, -0.1) is 0 Å². The molecule has 108 heavy (non-hydrogen) atoms. The lowest BCUT2D eigenvalue weighted by atomic mass is 9.93. The number of non-ortho nitro benzene ring substituents is 2. The van der Waals surface area contributed by atoms with Gasteiger partial charge in [0.2, 0.25) is 0 Å². The van der Waals surface area contributed by atoms with Crippen LogP contribution < -0.4 is 22.6 Å². The average molecular weight is 1600 g/mol. The number of imide groups is 2. The number of nitro benzene ring substituents is 2. The molecule has 578 valence electrons. The zero-order valence-electron chi connectivity index (χ0n) is 59.9. The zero-order chi connectivity index (χ0) is 79.8. The molecule has 2 unspecified atom stereocenters. The van der Waals surface area contributed by atoms with Gasteiger partial charge in [0.1, 0.15) is 42.2 Å². The highest BCUT2D eigenvalue weighted by Crippen LogP contribution is 2.53. The van der Waals surface area contributed by atoms with Crippen molar-refractivity contribution in [2.24, 2.45) is 15.3 Å². The van der Waals surface area contributed by atoms with Gasteiger partial charge in [0.05, 0.1) is 49.5 Å². The first kappa shape index (κ1) is 88.5. The Morgan fingerprint density at radius 3 is 0.963 bits per heavy atom. The van der Waals surface area contributed by atoms with Crippen molar-refractivity contribution in [3.8, 4) is 28.7 Å². The van der Waals surface area contributed by atoms with Crippen LogP contribution in [0.5, 0.6) is 28.7 Å². The average Bonchev–Trinajstić information content (AvgIpc) is 0.745. The van der Waals surface area contributed by atoms with Gasteiger partial charge in [-0.2, -0.15) is 0 Å². The number of phosphoric ester groups is 3. The summed E-state index contributed by atoms with van der Waals surface area (Å²) >= 11 is 0. The van der Waals surface area contributed by atoms with Crippen LogP contribution in [0, 0.1) is 20.2 Å². The second-order valence-corrected chi connectivity index (χ2v) is 30.0. The molecule has 2 aliphatic heterocycles. The van der Waals surface area contributed by atoms with Gasteiger partial charge in [-0.3, -0.25) is 85.4 Å². The van der Waals surface area contributed by atoms with Crippen LogP contribution >= 0.6 is 38.7 Å². The Balaban J connectivity index is 0.000000246. The van der Waals surface area contributed by atoms with Crippen molar-refractivity contribution in [3.05, 3.63) is 207 Å². The van der Waals surface area contributed by atoms with E-state index in [9.17, 15) is 62.2 Å². The summed E-state index contributed by atoms with van der Waals surface area (Å²) in [6.07, 6.45) is 1.32. The second kappa shape index (κ2) is 42.4. The first-order chi connectivity index (χ1) is 51.4. The summed E-state index contributed by atoms with van der Waals surface area (Å²) in [7, 11) is -18.0. The first-order valence-electron chi connectivity index (χ1n) is 32.5. The Morgan fingerprint density at radius 2 is 0.694 bits per heavy atom. The highest BCUT2D eigenvalue weighted by atomic mass is 31.2. The van der Waals surface area contributed by atoms with E-state index in [-0.39, 0.29) is 97.6 Å². The Labute approximate surface area is 617 Å². The number of rotatable bonds is 35. The molecule has 0 aromatic heterocycles. The van der Waals surface area contributed by atoms with Gasteiger partial charge in [0, 0.05) is 115 Å². The molecule has 0 aliphatic carbocycles. The molecule has 2 aliphatic rings. The number of nitro groups is 2. The Kier molecular flexibility index (Phi) is 34.8. The third-order valence-corrected chi connectivity index (χ3v) is 20.6. The molecule has 0 radical (unpaired) electrons. The quantitative estimate of drug-likeness (QED) is 0.00677. The summed E-state index contributed by atoms with van der Waals surface area (Å²) in [5, 5.41) is 32.6. The maximum Gasteiger partial charge on any atom is 0.530 e. The van der Waals surface area contributed by atoms with Gasteiger partial charge in [0.25, 0.3) is 35.0 Å². The number of benzene rings is 7. The van der Waals surface area contributed by atoms with Crippen LogP contribution in [0.25, 0.3) is 52.9 Å². The number of hydrogen-bond acceptors (Lipinski definition) is 29. The van der Waals surface area contributed by atoms with Crippen molar-refractivity contribution >= 4 is 101 Å². The maximum absolute atomic E-state index is 12.7. The third kappa shape index (κ3) is 25.5. The smallest absolute Gasteiger partial charge is 0.424 e. The Bertz CT molecular complexity index is 4330. The van der Waals surface area contributed by atoms with E-state index < -0.39 is 62.0 Å². The van der Waals surface area contributed by atoms with E-state index in [0.717, 1.165) is 0 Å². The fourth-order valence-corrected chi connectivity index (χ4v) is 14.7. The number of nitrogens with zero attached hydrogens (tertiary/aromatic N) is 13. The number of azide groups is 3. The highest BCUT2D eigenvalue weighted by molar-refractivity contribution is 7.53. The fraction of sp³-hybridized carbons (Fsp3) is 0.344. The lowest BCUT2D eigenvalue weighted by molar-refractivity contribution is -0.385. The van der Waals surface area contributed by atoms with Gasteiger partial charge in [-0.05, 0) is 156 Å². The molecule has 2 atom stereocenters. The van der Waals surface area contributed by atoms with Crippen LogP contribution in [0.4, 0.5) is 17.1 Å². The maximum atomic E-state index is 12.7. The van der Waals surface area contributed by atoms with Crippen molar-refractivity contribution < 1.29 is 111 Å². The van der Waals surface area contributed by atoms with E-state index in [2.05, 4.69) is 30.1 Å². The molecule has 0 N–H and O–H groups in total. The standard InChI is InChI=1S/2C17H17N4O5P.C10H14N3O4P.2C10H14NO6P/c2*1-3-9-21-16(22)12-6-4-5-11-14(8-7-13(15(11)12)17(21)23)26-27(2,24)25-10-19-20-18;1-3-15-18(14,16-4-2)17-10-7-5-9(6-8-10)12-13-11;2*1-3-15-18(14,16-4-2)17-10-7-5-9(6-8-10)11(12)13/h2*4-8H,3,9-10H2,1-2H3;3*5-8H,3-4H2,1-2H3. The van der Waals surface area contributed by atoms with Gasteiger partial charge in [-0.1, -0.05) is 53.5 Å². The largest absolute Gasteiger partial charge is 0.530 e. The predicted molar refractivity (Wildman–Crippen MR) is 394 cm³/mol.